The van der Waals surface area contributed by atoms with E-state index in [9.17, 15) is 9.18 Å². The number of rotatable bonds is 5. The second kappa shape index (κ2) is 4.25. The highest BCUT2D eigenvalue weighted by atomic mass is 19.1. The van der Waals surface area contributed by atoms with E-state index in [0.29, 0.717) is 13.0 Å². The van der Waals surface area contributed by atoms with E-state index in [0.717, 1.165) is 0 Å². The van der Waals surface area contributed by atoms with Crippen LogP contribution in [0, 0.1) is 0 Å². The second-order valence-electron chi connectivity index (χ2n) is 2.49. The molecule has 0 aliphatic carbocycles. The van der Waals surface area contributed by atoms with Gasteiger partial charge in [0.05, 0.1) is 0 Å². The smallest absolute Gasteiger partial charge is 0.326 e. The molecule has 1 atom stereocenters. The van der Waals surface area contributed by atoms with Crippen molar-refractivity contribution in [2.45, 2.75) is 18.4 Å². The fourth-order valence-corrected chi connectivity index (χ4v) is 0.648. The molecule has 0 aliphatic heterocycles. The summed E-state index contributed by atoms with van der Waals surface area (Å²) in [6.07, 6.45) is 0.502. The Labute approximate surface area is 64.4 Å². The maximum Gasteiger partial charge on any atom is 0.326 e. The van der Waals surface area contributed by atoms with Crippen molar-refractivity contribution >= 4 is 5.97 Å². The van der Waals surface area contributed by atoms with Gasteiger partial charge in [0.1, 0.15) is 12.2 Å². The Morgan fingerprint density at radius 1 is 1.64 bits per heavy atom. The first-order valence-electron chi connectivity index (χ1n) is 3.35. The second-order valence-corrected chi connectivity index (χ2v) is 2.49. The zero-order valence-electron chi connectivity index (χ0n) is 6.22. The molecule has 4 nitrogen and oxygen atoms in total. The number of carboxylic acids is 1. The first-order valence-corrected chi connectivity index (χ1v) is 3.35. The Hall–Kier alpha value is -0.680. The Balaban J connectivity index is 3.99. The lowest BCUT2D eigenvalue weighted by Gasteiger charge is -2.19. The van der Waals surface area contributed by atoms with Gasteiger partial charge < -0.3 is 16.6 Å². The summed E-state index contributed by atoms with van der Waals surface area (Å²) in [5.41, 5.74) is 8.58. The number of halogens is 1. The minimum atomic E-state index is -1.74. The molecule has 0 bridgehead atoms. The molecular formula is C6H13FN2O2. The van der Waals surface area contributed by atoms with Crippen LogP contribution in [0.4, 0.5) is 4.39 Å². The molecule has 0 aromatic heterocycles. The lowest BCUT2D eigenvalue weighted by Crippen LogP contribution is -2.50. The van der Waals surface area contributed by atoms with Crippen molar-refractivity contribution in [3.05, 3.63) is 0 Å². The summed E-state index contributed by atoms with van der Waals surface area (Å²) < 4.78 is 12.1. The largest absolute Gasteiger partial charge is 0.480 e. The van der Waals surface area contributed by atoms with Crippen LogP contribution < -0.4 is 11.5 Å². The molecule has 0 amide bonds. The van der Waals surface area contributed by atoms with Gasteiger partial charge in [-0.2, -0.15) is 0 Å². The lowest BCUT2D eigenvalue weighted by molar-refractivity contribution is -0.144. The van der Waals surface area contributed by atoms with Crippen molar-refractivity contribution in [3.63, 3.8) is 0 Å². The van der Waals surface area contributed by atoms with Gasteiger partial charge in [-0.3, -0.25) is 4.79 Å². The highest BCUT2D eigenvalue weighted by molar-refractivity contribution is 5.78. The summed E-state index contributed by atoms with van der Waals surface area (Å²) in [6.45, 7) is -0.728. The highest BCUT2D eigenvalue weighted by Crippen LogP contribution is 2.09. The van der Waals surface area contributed by atoms with E-state index in [-0.39, 0.29) is 6.42 Å². The van der Waals surface area contributed by atoms with Gasteiger partial charge in [0.2, 0.25) is 0 Å². The van der Waals surface area contributed by atoms with Crippen molar-refractivity contribution in [3.8, 4) is 0 Å². The van der Waals surface area contributed by atoms with Gasteiger partial charge in [-0.1, -0.05) is 0 Å². The van der Waals surface area contributed by atoms with Gasteiger partial charge >= 0.3 is 5.97 Å². The minimum absolute atomic E-state index is 0.0787. The first-order chi connectivity index (χ1) is 5.06. The van der Waals surface area contributed by atoms with E-state index in [1.807, 2.05) is 0 Å². The molecule has 66 valence electrons. The molecule has 5 N–H and O–H groups in total. The van der Waals surface area contributed by atoms with Crippen LogP contribution in [0.25, 0.3) is 0 Å². The molecule has 0 aromatic rings. The molecule has 0 saturated carbocycles. The standard InChI is InChI=1S/C6H13FN2O2/c7-4-6(9,5(10)11)2-1-3-8/h1-4,8-9H2,(H,10,11)/t6-/m1/s1. The Kier molecular flexibility index (Phi) is 3.99. The molecule has 0 fully saturated rings. The van der Waals surface area contributed by atoms with Gasteiger partial charge in [-0.05, 0) is 19.4 Å². The van der Waals surface area contributed by atoms with Crippen molar-refractivity contribution in [2.75, 3.05) is 13.2 Å². The van der Waals surface area contributed by atoms with E-state index in [4.69, 9.17) is 16.6 Å². The average Bonchev–Trinajstić information content (AvgIpc) is 2.00. The SMILES string of the molecule is NCCC[C@@](N)(CF)C(=O)O. The van der Waals surface area contributed by atoms with E-state index in [1.165, 1.54) is 0 Å². The van der Waals surface area contributed by atoms with Gasteiger partial charge in [0.25, 0.3) is 0 Å². The topological polar surface area (TPSA) is 89.3 Å². The lowest BCUT2D eigenvalue weighted by atomic mass is 9.97. The Bertz CT molecular complexity index is 143. The Morgan fingerprint density at radius 3 is 2.45 bits per heavy atom. The number of alkyl halides is 1. The minimum Gasteiger partial charge on any atom is -0.480 e. The molecular weight excluding hydrogens is 151 g/mol. The molecule has 0 unspecified atom stereocenters. The van der Waals surface area contributed by atoms with Crippen LogP contribution >= 0.6 is 0 Å². The molecule has 0 aliphatic rings. The predicted octanol–water partition coefficient (Wildman–Crippen LogP) is -0.523. The van der Waals surface area contributed by atoms with E-state index in [1.54, 1.807) is 0 Å². The van der Waals surface area contributed by atoms with Crippen molar-refractivity contribution in [1.82, 2.24) is 0 Å². The maximum atomic E-state index is 12.1. The number of carbonyl (C=O) groups is 1. The average molecular weight is 164 g/mol. The molecule has 0 heterocycles. The molecule has 5 heteroatoms. The van der Waals surface area contributed by atoms with Crippen LogP contribution in [-0.2, 0) is 4.79 Å². The molecule has 0 rings (SSSR count). The summed E-state index contributed by atoms with van der Waals surface area (Å²) in [5, 5.41) is 8.45. The maximum absolute atomic E-state index is 12.1. The molecule has 11 heavy (non-hydrogen) atoms. The fourth-order valence-electron chi connectivity index (χ4n) is 0.648. The van der Waals surface area contributed by atoms with Gasteiger partial charge in [-0.15, -0.1) is 0 Å². The van der Waals surface area contributed by atoms with Crippen molar-refractivity contribution < 1.29 is 14.3 Å². The van der Waals surface area contributed by atoms with Crippen LogP contribution in [0.3, 0.4) is 0 Å². The van der Waals surface area contributed by atoms with Crippen LogP contribution in [0.5, 0.6) is 0 Å². The summed E-state index contributed by atoms with van der Waals surface area (Å²) in [5.74, 6) is -1.31. The third-order valence-electron chi connectivity index (χ3n) is 1.49. The Morgan fingerprint density at radius 2 is 2.18 bits per heavy atom. The van der Waals surface area contributed by atoms with Gasteiger partial charge in [0, 0.05) is 0 Å². The van der Waals surface area contributed by atoms with E-state index in [2.05, 4.69) is 0 Å². The highest BCUT2D eigenvalue weighted by Gasteiger charge is 2.33. The number of carboxylic acid groups (broad SMARTS) is 1. The summed E-state index contributed by atoms with van der Waals surface area (Å²) in [6, 6.07) is 0. The van der Waals surface area contributed by atoms with Gasteiger partial charge in [-0.25, -0.2) is 4.39 Å². The molecule has 0 saturated heterocycles. The summed E-state index contributed by atoms with van der Waals surface area (Å²) in [4.78, 5) is 10.4. The number of hydrogen-bond acceptors (Lipinski definition) is 3. The van der Waals surface area contributed by atoms with Gasteiger partial charge in [0.15, 0.2) is 0 Å². The van der Waals surface area contributed by atoms with Crippen LogP contribution in [0.2, 0.25) is 0 Å². The van der Waals surface area contributed by atoms with Crippen LogP contribution in [0.1, 0.15) is 12.8 Å². The van der Waals surface area contributed by atoms with Crippen LogP contribution in [-0.4, -0.2) is 29.8 Å². The molecule has 0 radical (unpaired) electrons. The first kappa shape index (κ1) is 10.3. The quantitative estimate of drug-likeness (QED) is 0.510. The van der Waals surface area contributed by atoms with Crippen molar-refractivity contribution in [1.29, 1.82) is 0 Å². The van der Waals surface area contributed by atoms with E-state index >= 15 is 0 Å². The van der Waals surface area contributed by atoms with Crippen LogP contribution in [0.15, 0.2) is 0 Å². The zero-order valence-corrected chi connectivity index (χ0v) is 6.22. The normalized spacial score (nSPS) is 15.9. The monoisotopic (exact) mass is 164 g/mol. The number of hydrogen-bond donors (Lipinski definition) is 3. The third kappa shape index (κ3) is 2.81. The van der Waals surface area contributed by atoms with Crippen molar-refractivity contribution in [2.24, 2.45) is 11.5 Å². The number of nitrogens with two attached hydrogens (primary N) is 2. The summed E-state index contributed by atoms with van der Waals surface area (Å²) in [7, 11) is 0. The fraction of sp³-hybridized carbons (Fsp3) is 0.833. The molecule has 0 aromatic carbocycles. The summed E-state index contributed by atoms with van der Waals surface area (Å²) >= 11 is 0. The molecule has 0 spiro atoms. The third-order valence-corrected chi connectivity index (χ3v) is 1.49. The number of aliphatic carboxylic acids is 1. The zero-order chi connectivity index (χ0) is 8.91. The predicted molar refractivity (Wildman–Crippen MR) is 38.8 cm³/mol. The van der Waals surface area contributed by atoms with E-state index < -0.39 is 18.2 Å².